The monoisotopic (exact) mass is 216 g/mol. The van der Waals surface area contributed by atoms with Gasteiger partial charge in [0.2, 0.25) is 0 Å². The summed E-state index contributed by atoms with van der Waals surface area (Å²) in [6, 6.07) is 0. The molecule has 1 heterocycles. The van der Waals surface area contributed by atoms with Crippen molar-refractivity contribution in [1.82, 2.24) is 0 Å². The third-order valence-electron chi connectivity index (χ3n) is 4.18. The molecular weight excluding hydrogens is 198 g/mol. The summed E-state index contributed by atoms with van der Waals surface area (Å²) in [5.74, 6) is 0.376. The molecule has 14 heavy (non-hydrogen) atoms. The average molecular weight is 217 g/mol. The molecule has 0 aromatic heterocycles. The molecule has 2 nitrogen and oxygen atoms in total. The molecule has 2 rings (SSSR count). The van der Waals surface area contributed by atoms with Gasteiger partial charge in [0, 0.05) is 5.38 Å². The van der Waals surface area contributed by atoms with Gasteiger partial charge >= 0.3 is 7.12 Å². The Morgan fingerprint density at radius 1 is 1.43 bits per heavy atom. The number of halogens is 1. The van der Waals surface area contributed by atoms with E-state index in [1.165, 1.54) is 0 Å². The minimum Gasteiger partial charge on any atom is -0.427 e. The summed E-state index contributed by atoms with van der Waals surface area (Å²) in [4.78, 5) is 0. The lowest BCUT2D eigenvalue weighted by Crippen LogP contribution is -2.49. The molecule has 1 aliphatic carbocycles. The summed E-state index contributed by atoms with van der Waals surface area (Å²) < 4.78 is 5.63. The van der Waals surface area contributed by atoms with Crippen LogP contribution in [0.3, 0.4) is 0 Å². The van der Waals surface area contributed by atoms with Gasteiger partial charge in [-0.1, -0.05) is 13.8 Å². The standard InChI is InChI=1S/C10H18BClO2/c1-9(2)7-6-11(13)14-10(7,3)5-4-8(9)12/h7-8,13H,4-6H2,1-3H3/t7-,8-,10-/m0/s1. The molecule has 4 heteroatoms. The zero-order chi connectivity index (χ0) is 10.6. The molecule has 2 aliphatic rings. The summed E-state index contributed by atoms with van der Waals surface area (Å²) in [6.07, 6.45) is 2.67. The molecule has 0 bridgehead atoms. The van der Waals surface area contributed by atoms with Crippen molar-refractivity contribution >= 4 is 18.7 Å². The second kappa shape index (κ2) is 3.13. The molecule has 80 valence electrons. The van der Waals surface area contributed by atoms with E-state index < -0.39 is 7.12 Å². The Morgan fingerprint density at radius 3 is 2.71 bits per heavy atom. The van der Waals surface area contributed by atoms with Crippen LogP contribution in [0.2, 0.25) is 6.32 Å². The minimum atomic E-state index is -0.591. The number of rotatable bonds is 0. The number of hydrogen-bond acceptors (Lipinski definition) is 2. The average Bonchev–Trinajstić information content (AvgIpc) is 2.37. The van der Waals surface area contributed by atoms with Crippen molar-refractivity contribution < 1.29 is 9.68 Å². The third kappa shape index (κ3) is 1.41. The van der Waals surface area contributed by atoms with E-state index in [9.17, 15) is 5.02 Å². The van der Waals surface area contributed by atoms with Gasteiger partial charge in [-0.25, -0.2) is 0 Å². The molecule has 0 aromatic rings. The van der Waals surface area contributed by atoms with E-state index >= 15 is 0 Å². The molecule has 0 amide bonds. The molecule has 0 radical (unpaired) electrons. The maximum atomic E-state index is 9.58. The smallest absolute Gasteiger partial charge is 0.427 e. The Hall–Kier alpha value is 0.275. The predicted octanol–water partition coefficient (Wildman–Crippen LogP) is 2.30. The van der Waals surface area contributed by atoms with Crippen molar-refractivity contribution in [3.05, 3.63) is 0 Å². The summed E-state index contributed by atoms with van der Waals surface area (Å²) in [5.41, 5.74) is -0.0969. The molecular formula is C10H18BClO2. The lowest BCUT2D eigenvalue weighted by Gasteiger charge is -2.49. The van der Waals surface area contributed by atoms with Gasteiger partial charge in [-0.2, -0.15) is 0 Å². The van der Waals surface area contributed by atoms with Crippen molar-refractivity contribution in [2.75, 3.05) is 0 Å². The summed E-state index contributed by atoms with van der Waals surface area (Å²) >= 11 is 6.35. The van der Waals surface area contributed by atoms with E-state index in [1.54, 1.807) is 0 Å². The van der Waals surface area contributed by atoms with Crippen molar-refractivity contribution in [3.8, 4) is 0 Å². The Bertz CT molecular complexity index is 242. The zero-order valence-corrected chi connectivity index (χ0v) is 9.84. The van der Waals surface area contributed by atoms with E-state index in [2.05, 4.69) is 20.8 Å². The highest BCUT2D eigenvalue weighted by atomic mass is 35.5. The van der Waals surface area contributed by atoms with Crippen LogP contribution in [0.5, 0.6) is 0 Å². The van der Waals surface area contributed by atoms with Crippen LogP contribution in [-0.2, 0) is 4.65 Å². The first kappa shape index (κ1) is 10.8. The first-order chi connectivity index (χ1) is 6.36. The van der Waals surface area contributed by atoms with Gasteiger partial charge in [-0.05, 0) is 37.4 Å². The normalized spacial score (nSPS) is 46.5. The Balaban J connectivity index is 2.29. The van der Waals surface area contributed by atoms with Crippen molar-refractivity contribution in [1.29, 1.82) is 0 Å². The summed E-state index contributed by atoms with van der Waals surface area (Å²) in [5, 5.41) is 9.78. The molecule has 1 saturated carbocycles. The van der Waals surface area contributed by atoms with Crippen molar-refractivity contribution in [2.24, 2.45) is 11.3 Å². The lowest BCUT2D eigenvalue weighted by molar-refractivity contribution is -0.0366. The second-order valence-electron chi connectivity index (χ2n) is 5.50. The Morgan fingerprint density at radius 2 is 2.07 bits per heavy atom. The maximum Gasteiger partial charge on any atom is 0.454 e. The maximum absolute atomic E-state index is 9.58. The fraction of sp³-hybridized carbons (Fsp3) is 1.00. The lowest BCUT2D eigenvalue weighted by atomic mass is 9.59. The van der Waals surface area contributed by atoms with E-state index in [-0.39, 0.29) is 16.4 Å². The predicted molar refractivity (Wildman–Crippen MR) is 58.4 cm³/mol. The van der Waals surface area contributed by atoms with E-state index in [0.717, 1.165) is 19.2 Å². The molecule has 1 N–H and O–H groups in total. The fourth-order valence-corrected chi connectivity index (χ4v) is 3.48. The van der Waals surface area contributed by atoms with Crippen LogP contribution in [0.15, 0.2) is 0 Å². The van der Waals surface area contributed by atoms with Gasteiger partial charge in [-0.3, -0.25) is 0 Å². The van der Waals surface area contributed by atoms with E-state index in [0.29, 0.717) is 5.92 Å². The van der Waals surface area contributed by atoms with Crippen LogP contribution < -0.4 is 0 Å². The van der Waals surface area contributed by atoms with Crippen LogP contribution in [0.1, 0.15) is 33.6 Å². The number of hydrogen-bond donors (Lipinski definition) is 1. The van der Waals surface area contributed by atoms with Crippen LogP contribution in [0.25, 0.3) is 0 Å². The van der Waals surface area contributed by atoms with E-state index in [1.807, 2.05) is 0 Å². The topological polar surface area (TPSA) is 29.5 Å². The van der Waals surface area contributed by atoms with Gasteiger partial charge in [0.05, 0.1) is 5.60 Å². The third-order valence-corrected chi connectivity index (χ3v) is 4.96. The summed E-state index contributed by atoms with van der Waals surface area (Å²) in [7, 11) is -0.591. The quantitative estimate of drug-likeness (QED) is 0.497. The van der Waals surface area contributed by atoms with Gasteiger partial charge in [0.25, 0.3) is 0 Å². The highest BCUT2D eigenvalue weighted by Gasteiger charge is 2.57. The molecule has 1 saturated heterocycles. The molecule has 2 fully saturated rings. The number of fused-ring (bicyclic) bond motifs is 1. The molecule has 1 aliphatic heterocycles. The van der Waals surface area contributed by atoms with Crippen molar-refractivity contribution in [2.45, 2.75) is 50.9 Å². The summed E-state index contributed by atoms with van der Waals surface area (Å²) in [6.45, 7) is 6.49. The second-order valence-corrected chi connectivity index (χ2v) is 6.03. The van der Waals surface area contributed by atoms with Crippen LogP contribution in [0, 0.1) is 11.3 Å². The van der Waals surface area contributed by atoms with Crippen LogP contribution in [-0.4, -0.2) is 23.1 Å². The molecule has 0 spiro atoms. The highest BCUT2D eigenvalue weighted by molar-refractivity contribution is 6.44. The molecule has 0 unspecified atom stereocenters. The Labute approximate surface area is 91.1 Å². The fourth-order valence-electron chi connectivity index (χ4n) is 3.22. The highest BCUT2D eigenvalue weighted by Crippen LogP contribution is 2.55. The van der Waals surface area contributed by atoms with Crippen LogP contribution >= 0.6 is 11.6 Å². The molecule has 3 atom stereocenters. The van der Waals surface area contributed by atoms with Crippen LogP contribution in [0.4, 0.5) is 0 Å². The zero-order valence-electron chi connectivity index (χ0n) is 9.09. The van der Waals surface area contributed by atoms with E-state index in [4.69, 9.17) is 16.3 Å². The first-order valence-electron chi connectivity index (χ1n) is 5.36. The van der Waals surface area contributed by atoms with Gasteiger partial charge < -0.3 is 9.68 Å². The number of alkyl halides is 1. The minimum absolute atomic E-state index is 0.0615. The first-order valence-corrected chi connectivity index (χ1v) is 5.80. The molecule has 0 aromatic carbocycles. The van der Waals surface area contributed by atoms with Gasteiger partial charge in [0.1, 0.15) is 0 Å². The Kier molecular flexibility index (Phi) is 2.41. The SMILES string of the molecule is CC1(C)[C@@H](Cl)CC[C@]2(C)OB(O)C[C@@H]12. The largest absolute Gasteiger partial charge is 0.454 e. The van der Waals surface area contributed by atoms with Gasteiger partial charge in [0.15, 0.2) is 0 Å². The van der Waals surface area contributed by atoms with Crippen molar-refractivity contribution in [3.63, 3.8) is 0 Å². The van der Waals surface area contributed by atoms with Gasteiger partial charge in [-0.15, -0.1) is 11.6 Å².